The number of rotatable bonds is 2. The van der Waals surface area contributed by atoms with Crippen LogP contribution in [0.5, 0.6) is 0 Å². The Labute approximate surface area is 97.8 Å². The number of ether oxygens (including phenoxy) is 1. The monoisotopic (exact) mass is 232 g/mol. The average Bonchev–Trinajstić information content (AvgIpc) is 2.29. The SMILES string of the molecule is CCOC(=O)c1cc(=O)c2c(C)cccc2o1. The van der Waals surface area contributed by atoms with Crippen molar-refractivity contribution in [2.45, 2.75) is 13.8 Å². The van der Waals surface area contributed by atoms with Crippen molar-refractivity contribution in [3.63, 3.8) is 0 Å². The smallest absolute Gasteiger partial charge is 0.374 e. The highest BCUT2D eigenvalue weighted by atomic mass is 16.5. The first-order valence-electron chi connectivity index (χ1n) is 5.34. The molecular formula is C13H12O4. The number of esters is 1. The van der Waals surface area contributed by atoms with Crippen molar-refractivity contribution in [1.82, 2.24) is 0 Å². The summed E-state index contributed by atoms with van der Waals surface area (Å²) in [6.45, 7) is 3.76. The number of carbonyl (C=O) groups is 1. The van der Waals surface area contributed by atoms with Gasteiger partial charge < -0.3 is 9.15 Å². The van der Waals surface area contributed by atoms with Gasteiger partial charge in [0.05, 0.1) is 12.0 Å². The van der Waals surface area contributed by atoms with Crippen LogP contribution < -0.4 is 5.43 Å². The van der Waals surface area contributed by atoms with E-state index in [1.807, 2.05) is 13.0 Å². The Kier molecular flexibility index (Phi) is 2.95. The molecule has 0 saturated heterocycles. The van der Waals surface area contributed by atoms with Crippen molar-refractivity contribution in [2.24, 2.45) is 0 Å². The minimum Gasteiger partial charge on any atom is -0.460 e. The zero-order chi connectivity index (χ0) is 12.4. The molecule has 0 N–H and O–H groups in total. The van der Waals surface area contributed by atoms with Gasteiger partial charge in [-0.2, -0.15) is 0 Å². The lowest BCUT2D eigenvalue weighted by atomic mass is 10.1. The van der Waals surface area contributed by atoms with Gasteiger partial charge in [-0.25, -0.2) is 4.79 Å². The first-order valence-corrected chi connectivity index (χ1v) is 5.34. The molecule has 2 aromatic rings. The van der Waals surface area contributed by atoms with Crippen LogP contribution in [-0.2, 0) is 4.74 Å². The quantitative estimate of drug-likeness (QED) is 0.745. The van der Waals surface area contributed by atoms with Gasteiger partial charge in [0.2, 0.25) is 5.76 Å². The molecule has 1 aromatic heterocycles. The summed E-state index contributed by atoms with van der Waals surface area (Å²) >= 11 is 0. The van der Waals surface area contributed by atoms with Crippen molar-refractivity contribution in [2.75, 3.05) is 6.61 Å². The third-order valence-electron chi connectivity index (χ3n) is 2.44. The Balaban J connectivity index is 2.65. The van der Waals surface area contributed by atoms with Crippen LogP contribution in [-0.4, -0.2) is 12.6 Å². The minimum atomic E-state index is -0.618. The molecule has 0 spiro atoms. The van der Waals surface area contributed by atoms with E-state index in [0.717, 1.165) is 5.56 Å². The number of aryl methyl sites for hydroxylation is 1. The Morgan fingerprint density at radius 1 is 1.41 bits per heavy atom. The summed E-state index contributed by atoms with van der Waals surface area (Å²) < 4.78 is 10.2. The van der Waals surface area contributed by atoms with E-state index in [9.17, 15) is 9.59 Å². The van der Waals surface area contributed by atoms with Crippen LogP contribution >= 0.6 is 0 Å². The lowest BCUT2D eigenvalue weighted by Gasteiger charge is -2.03. The number of benzene rings is 1. The van der Waals surface area contributed by atoms with Gasteiger partial charge in [-0.05, 0) is 25.5 Å². The fraction of sp³-hybridized carbons (Fsp3) is 0.231. The van der Waals surface area contributed by atoms with E-state index in [4.69, 9.17) is 9.15 Å². The molecule has 4 nitrogen and oxygen atoms in total. The Hall–Kier alpha value is -2.10. The van der Waals surface area contributed by atoms with Crippen LogP contribution in [0.15, 0.2) is 33.5 Å². The van der Waals surface area contributed by atoms with E-state index in [1.54, 1.807) is 19.1 Å². The molecule has 4 heteroatoms. The van der Waals surface area contributed by atoms with Gasteiger partial charge in [0.1, 0.15) is 5.58 Å². The molecule has 1 aromatic carbocycles. The normalized spacial score (nSPS) is 10.5. The van der Waals surface area contributed by atoms with Gasteiger partial charge in [-0.15, -0.1) is 0 Å². The maximum absolute atomic E-state index is 11.9. The van der Waals surface area contributed by atoms with E-state index < -0.39 is 5.97 Å². The second kappa shape index (κ2) is 4.41. The maximum atomic E-state index is 11.9. The van der Waals surface area contributed by atoms with Crippen molar-refractivity contribution >= 4 is 16.9 Å². The topological polar surface area (TPSA) is 56.5 Å². The van der Waals surface area contributed by atoms with E-state index in [0.29, 0.717) is 11.0 Å². The first-order chi connectivity index (χ1) is 8.13. The van der Waals surface area contributed by atoms with Gasteiger partial charge in [-0.1, -0.05) is 12.1 Å². The van der Waals surface area contributed by atoms with Crippen LogP contribution in [0.3, 0.4) is 0 Å². The molecular weight excluding hydrogens is 220 g/mol. The van der Waals surface area contributed by atoms with E-state index in [-0.39, 0.29) is 17.8 Å². The molecule has 0 aliphatic carbocycles. The predicted molar refractivity (Wildman–Crippen MR) is 63.2 cm³/mol. The lowest BCUT2D eigenvalue weighted by Crippen LogP contribution is -2.10. The van der Waals surface area contributed by atoms with Gasteiger partial charge in [0.25, 0.3) is 0 Å². The van der Waals surface area contributed by atoms with Crippen molar-refractivity contribution in [1.29, 1.82) is 0 Å². The van der Waals surface area contributed by atoms with Crippen LogP contribution in [0.2, 0.25) is 0 Å². The summed E-state index contributed by atoms with van der Waals surface area (Å²) in [5.41, 5.74) is 1.000. The third-order valence-corrected chi connectivity index (χ3v) is 2.44. The average molecular weight is 232 g/mol. The number of carbonyl (C=O) groups excluding carboxylic acids is 1. The predicted octanol–water partition coefficient (Wildman–Crippen LogP) is 2.28. The molecule has 0 radical (unpaired) electrons. The summed E-state index contributed by atoms with van der Waals surface area (Å²) in [5, 5.41) is 0.501. The fourth-order valence-corrected chi connectivity index (χ4v) is 1.68. The van der Waals surface area contributed by atoms with Gasteiger partial charge in [-0.3, -0.25) is 4.79 Å². The molecule has 0 amide bonds. The summed E-state index contributed by atoms with van der Waals surface area (Å²) in [5.74, 6) is -0.678. The first kappa shape index (κ1) is 11.4. The highest BCUT2D eigenvalue weighted by Crippen LogP contribution is 2.16. The highest BCUT2D eigenvalue weighted by molar-refractivity contribution is 5.89. The lowest BCUT2D eigenvalue weighted by molar-refractivity contribution is 0.0490. The summed E-state index contributed by atoms with van der Waals surface area (Å²) in [6, 6.07) is 6.43. The second-order valence-corrected chi connectivity index (χ2v) is 3.64. The standard InChI is InChI=1S/C13H12O4/c1-3-16-13(15)11-7-9(14)12-8(2)5-4-6-10(12)17-11/h4-7H,3H2,1-2H3. The van der Waals surface area contributed by atoms with Gasteiger partial charge in [0, 0.05) is 6.07 Å². The number of hydrogen-bond donors (Lipinski definition) is 0. The molecule has 88 valence electrons. The highest BCUT2D eigenvalue weighted by Gasteiger charge is 2.13. The second-order valence-electron chi connectivity index (χ2n) is 3.64. The molecule has 0 bridgehead atoms. The molecule has 0 unspecified atom stereocenters. The largest absolute Gasteiger partial charge is 0.460 e. The third kappa shape index (κ3) is 2.06. The Morgan fingerprint density at radius 2 is 2.18 bits per heavy atom. The Bertz CT molecular complexity index is 625. The van der Waals surface area contributed by atoms with E-state index in [1.165, 1.54) is 6.07 Å². The zero-order valence-corrected chi connectivity index (χ0v) is 9.65. The van der Waals surface area contributed by atoms with Crippen LogP contribution in [0.25, 0.3) is 11.0 Å². The van der Waals surface area contributed by atoms with Gasteiger partial charge >= 0.3 is 5.97 Å². The molecule has 2 rings (SSSR count). The molecule has 0 saturated carbocycles. The van der Waals surface area contributed by atoms with Crippen LogP contribution in [0, 0.1) is 6.92 Å². The minimum absolute atomic E-state index is 0.0602. The number of hydrogen-bond acceptors (Lipinski definition) is 4. The van der Waals surface area contributed by atoms with E-state index >= 15 is 0 Å². The molecule has 0 aliphatic rings. The molecule has 0 fully saturated rings. The van der Waals surface area contributed by atoms with Crippen molar-refractivity contribution < 1.29 is 13.9 Å². The fourth-order valence-electron chi connectivity index (χ4n) is 1.68. The molecule has 0 atom stereocenters. The van der Waals surface area contributed by atoms with Crippen molar-refractivity contribution in [3.8, 4) is 0 Å². The summed E-state index contributed by atoms with van der Waals surface area (Å²) in [6.07, 6.45) is 0. The summed E-state index contributed by atoms with van der Waals surface area (Å²) in [7, 11) is 0. The number of fused-ring (bicyclic) bond motifs is 1. The summed E-state index contributed by atoms with van der Waals surface area (Å²) in [4.78, 5) is 23.3. The van der Waals surface area contributed by atoms with Crippen molar-refractivity contribution in [3.05, 3.63) is 45.8 Å². The van der Waals surface area contributed by atoms with Crippen LogP contribution in [0.1, 0.15) is 23.0 Å². The molecule has 0 aliphatic heterocycles. The van der Waals surface area contributed by atoms with Gasteiger partial charge in [0.15, 0.2) is 5.43 Å². The Morgan fingerprint density at radius 3 is 2.88 bits per heavy atom. The maximum Gasteiger partial charge on any atom is 0.374 e. The molecule has 1 heterocycles. The zero-order valence-electron chi connectivity index (χ0n) is 9.65. The molecule has 17 heavy (non-hydrogen) atoms. The van der Waals surface area contributed by atoms with Crippen LogP contribution in [0.4, 0.5) is 0 Å². The van der Waals surface area contributed by atoms with E-state index in [2.05, 4.69) is 0 Å².